The van der Waals surface area contributed by atoms with Gasteiger partial charge in [0.05, 0.1) is 6.61 Å². The van der Waals surface area contributed by atoms with Crippen molar-refractivity contribution in [3.05, 3.63) is 59.7 Å². The Morgan fingerprint density at radius 1 is 1.17 bits per heavy atom. The number of carbonyl (C=O) groups is 1. The number of thiazole rings is 1. The van der Waals surface area contributed by atoms with Crippen molar-refractivity contribution >= 4 is 22.9 Å². The number of carbonyl (C=O) groups excluding carboxylic acids is 1. The van der Waals surface area contributed by atoms with Crippen LogP contribution in [-0.2, 0) is 0 Å². The Bertz CT molecular complexity index is 786. The molecule has 3 rings (SSSR count). The van der Waals surface area contributed by atoms with Crippen molar-refractivity contribution < 1.29 is 9.53 Å². The van der Waals surface area contributed by atoms with Crippen LogP contribution >= 0.6 is 11.3 Å². The molecule has 0 saturated carbocycles. The molecule has 0 atom stereocenters. The lowest BCUT2D eigenvalue weighted by molar-refractivity contribution is 0.102. The molecule has 3 aromatic rings. The van der Waals surface area contributed by atoms with Gasteiger partial charge < -0.3 is 10.1 Å². The molecule has 0 saturated heterocycles. The van der Waals surface area contributed by atoms with Crippen molar-refractivity contribution in [1.82, 2.24) is 9.97 Å². The normalized spacial score (nSPS) is 10.3. The highest BCUT2D eigenvalue weighted by Gasteiger charge is 2.13. The van der Waals surface area contributed by atoms with Gasteiger partial charge in [-0.05, 0) is 43.3 Å². The summed E-state index contributed by atoms with van der Waals surface area (Å²) in [4.78, 5) is 20.7. The zero-order valence-corrected chi connectivity index (χ0v) is 13.3. The maximum absolute atomic E-state index is 12.4. The molecule has 0 unspecified atom stereocenters. The molecule has 0 aliphatic heterocycles. The molecular weight excluding hydrogens is 310 g/mol. The lowest BCUT2D eigenvalue weighted by Gasteiger charge is -2.09. The zero-order chi connectivity index (χ0) is 16.1. The second kappa shape index (κ2) is 7.02. The first-order valence-electron chi connectivity index (χ1n) is 7.17. The SMILES string of the molecule is CCOc1ncccc1C(=O)Nc1ccc(-c2nccs2)cc1. The van der Waals surface area contributed by atoms with Crippen LogP contribution in [0.4, 0.5) is 5.69 Å². The largest absolute Gasteiger partial charge is 0.477 e. The average Bonchev–Trinajstić information content (AvgIpc) is 3.11. The van der Waals surface area contributed by atoms with Crippen molar-refractivity contribution in [2.24, 2.45) is 0 Å². The van der Waals surface area contributed by atoms with Crippen LogP contribution in [0, 0.1) is 0 Å². The number of pyridine rings is 1. The summed E-state index contributed by atoms with van der Waals surface area (Å²) < 4.78 is 5.39. The minimum Gasteiger partial charge on any atom is -0.477 e. The molecule has 0 spiro atoms. The van der Waals surface area contributed by atoms with Crippen LogP contribution in [0.25, 0.3) is 10.6 Å². The Morgan fingerprint density at radius 3 is 2.70 bits per heavy atom. The molecule has 0 radical (unpaired) electrons. The molecule has 23 heavy (non-hydrogen) atoms. The lowest BCUT2D eigenvalue weighted by Crippen LogP contribution is -2.14. The quantitative estimate of drug-likeness (QED) is 0.774. The number of rotatable bonds is 5. The van der Waals surface area contributed by atoms with Crippen LogP contribution < -0.4 is 10.1 Å². The molecule has 2 aromatic heterocycles. The van der Waals surface area contributed by atoms with Gasteiger partial charge >= 0.3 is 0 Å². The van der Waals surface area contributed by atoms with Gasteiger partial charge in [0.15, 0.2) is 0 Å². The van der Waals surface area contributed by atoms with Gasteiger partial charge in [-0.3, -0.25) is 4.79 Å². The number of amides is 1. The minimum atomic E-state index is -0.247. The summed E-state index contributed by atoms with van der Waals surface area (Å²) >= 11 is 1.58. The van der Waals surface area contributed by atoms with Crippen molar-refractivity contribution in [3.63, 3.8) is 0 Å². The predicted octanol–water partition coefficient (Wildman–Crippen LogP) is 3.86. The third-order valence-corrected chi connectivity index (χ3v) is 3.94. The van der Waals surface area contributed by atoms with E-state index < -0.39 is 0 Å². The number of hydrogen-bond donors (Lipinski definition) is 1. The smallest absolute Gasteiger partial charge is 0.261 e. The van der Waals surface area contributed by atoms with E-state index >= 15 is 0 Å². The summed E-state index contributed by atoms with van der Waals surface area (Å²) in [5, 5.41) is 5.74. The highest BCUT2D eigenvalue weighted by atomic mass is 32.1. The van der Waals surface area contributed by atoms with E-state index in [-0.39, 0.29) is 5.91 Å². The molecule has 0 aliphatic rings. The lowest BCUT2D eigenvalue weighted by atomic mass is 10.2. The Morgan fingerprint density at radius 2 is 2.00 bits per heavy atom. The summed E-state index contributed by atoms with van der Waals surface area (Å²) in [5.74, 6) is 0.0930. The fraction of sp³-hybridized carbons (Fsp3) is 0.118. The molecular formula is C17H15N3O2S. The maximum Gasteiger partial charge on any atom is 0.261 e. The van der Waals surface area contributed by atoms with Gasteiger partial charge in [0.25, 0.3) is 5.91 Å². The first-order valence-corrected chi connectivity index (χ1v) is 8.05. The van der Waals surface area contributed by atoms with Crippen LogP contribution in [0.5, 0.6) is 5.88 Å². The molecule has 116 valence electrons. The summed E-state index contributed by atoms with van der Waals surface area (Å²) in [6, 6.07) is 11.0. The summed E-state index contributed by atoms with van der Waals surface area (Å²) in [6.45, 7) is 2.31. The fourth-order valence-corrected chi connectivity index (χ4v) is 2.72. The molecule has 0 bridgehead atoms. The number of ether oxygens (including phenoxy) is 1. The highest BCUT2D eigenvalue weighted by molar-refractivity contribution is 7.13. The third kappa shape index (κ3) is 3.54. The summed E-state index contributed by atoms with van der Waals surface area (Å²) in [7, 11) is 0. The van der Waals surface area contributed by atoms with E-state index in [1.807, 2.05) is 36.6 Å². The van der Waals surface area contributed by atoms with Gasteiger partial charge in [-0.15, -0.1) is 11.3 Å². The summed E-state index contributed by atoms with van der Waals surface area (Å²) in [6.07, 6.45) is 3.37. The van der Waals surface area contributed by atoms with Crippen molar-refractivity contribution in [1.29, 1.82) is 0 Å². The van der Waals surface area contributed by atoms with Crippen LogP contribution in [0.1, 0.15) is 17.3 Å². The number of benzene rings is 1. The average molecular weight is 325 g/mol. The van der Waals surface area contributed by atoms with Gasteiger partial charge in [0.2, 0.25) is 5.88 Å². The number of nitrogens with zero attached hydrogens (tertiary/aromatic N) is 2. The highest BCUT2D eigenvalue weighted by Crippen LogP contribution is 2.24. The number of aromatic nitrogens is 2. The molecule has 1 N–H and O–H groups in total. The van der Waals surface area contributed by atoms with Gasteiger partial charge in [0.1, 0.15) is 10.6 Å². The van der Waals surface area contributed by atoms with Gasteiger partial charge in [-0.2, -0.15) is 0 Å². The van der Waals surface area contributed by atoms with Crippen molar-refractivity contribution in [2.75, 3.05) is 11.9 Å². The van der Waals surface area contributed by atoms with E-state index in [0.29, 0.717) is 23.7 Å². The molecule has 0 fully saturated rings. The number of hydrogen-bond acceptors (Lipinski definition) is 5. The number of nitrogens with one attached hydrogen (secondary N) is 1. The second-order valence-electron chi connectivity index (χ2n) is 4.66. The number of anilines is 1. The predicted molar refractivity (Wildman–Crippen MR) is 90.9 cm³/mol. The van der Waals surface area contributed by atoms with E-state index in [9.17, 15) is 4.79 Å². The van der Waals surface area contributed by atoms with Crippen LogP contribution in [-0.4, -0.2) is 22.5 Å². The molecule has 1 amide bonds. The maximum atomic E-state index is 12.4. The van der Waals surface area contributed by atoms with E-state index in [4.69, 9.17) is 4.74 Å². The van der Waals surface area contributed by atoms with Crippen LogP contribution in [0.3, 0.4) is 0 Å². The molecule has 2 heterocycles. The van der Waals surface area contributed by atoms with E-state index in [1.165, 1.54) is 0 Å². The molecule has 0 aliphatic carbocycles. The standard InChI is InChI=1S/C17H15N3O2S/c1-2-22-16-14(4-3-9-18-16)15(21)20-13-7-5-12(6-8-13)17-19-10-11-23-17/h3-11H,2H2,1H3,(H,20,21). The molecule has 1 aromatic carbocycles. The zero-order valence-electron chi connectivity index (χ0n) is 12.5. The van der Waals surface area contributed by atoms with E-state index in [0.717, 1.165) is 10.6 Å². The Kier molecular flexibility index (Phi) is 4.63. The Balaban J connectivity index is 1.75. The minimum absolute atomic E-state index is 0.247. The monoisotopic (exact) mass is 325 g/mol. The molecule has 5 nitrogen and oxygen atoms in total. The van der Waals surface area contributed by atoms with Crippen LogP contribution in [0.15, 0.2) is 54.2 Å². The van der Waals surface area contributed by atoms with E-state index in [2.05, 4.69) is 15.3 Å². The fourth-order valence-electron chi connectivity index (χ4n) is 2.08. The van der Waals surface area contributed by atoms with Crippen molar-refractivity contribution in [2.45, 2.75) is 6.92 Å². The van der Waals surface area contributed by atoms with Gasteiger partial charge in [-0.25, -0.2) is 9.97 Å². The van der Waals surface area contributed by atoms with Crippen LogP contribution in [0.2, 0.25) is 0 Å². The summed E-state index contributed by atoms with van der Waals surface area (Å²) in [5.41, 5.74) is 2.15. The van der Waals surface area contributed by atoms with E-state index in [1.54, 1.807) is 35.9 Å². The first kappa shape index (κ1) is 15.2. The second-order valence-corrected chi connectivity index (χ2v) is 5.55. The topological polar surface area (TPSA) is 64.1 Å². The third-order valence-electron chi connectivity index (χ3n) is 3.12. The van der Waals surface area contributed by atoms with Crippen molar-refractivity contribution in [3.8, 4) is 16.5 Å². The Hall–Kier alpha value is -2.73. The molecule has 6 heteroatoms. The van der Waals surface area contributed by atoms with Gasteiger partial charge in [-0.1, -0.05) is 0 Å². The first-order chi connectivity index (χ1) is 11.3. The Labute approximate surface area is 138 Å². The van der Waals surface area contributed by atoms with Gasteiger partial charge in [0, 0.05) is 29.0 Å².